The van der Waals surface area contributed by atoms with E-state index >= 15 is 0 Å². The van der Waals surface area contributed by atoms with Gasteiger partial charge >= 0.3 is 0 Å². The molecular weight excluding hydrogens is 218 g/mol. The molecule has 5 nitrogen and oxygen atoms in total. The number of ether oxygens (including phenoxy) is 1. The van der Waals surface area contributed by atoms with Crippen LogP contribution in [0.15, 0.2) is 28.8 Å². The third-order valence-corrected chi connectivity index (χ3v) is 2.42. The molecule has 0 N–H and O–H groups in total. The molecule has 86 valence electrons. The molecule has 0 amide bonds. The fraction of sp³-hybridized carbons (Fsp3) is 0.250. The molecule has 5 heteroatoms. The molecule has 1 aromatic carbocycles. The number of benzene rings is 1. The fourth-order valence-corrected chi connectivity index (χ4v) is 1.31. The van der Waals surface area contributed by atoms with Crippen molar-refractivity contribution < 1.29 is 9.26 Å². The third-order valence-electron chi connectivity index (χ3n) is 2.42. The van der Waals surface area contributed by atoms with Gasteiger partial charge in [-0.1, -0.05) is 5.16 Å². The lowest BCUT2D eigenvalue weighted by atomic mass is 10.1. The quantitative estimate of drug-likeness (QED) is 0.807. The zero-order chi connectivity index (χ0) is 12.3. The summed E-state index contributed by atoms with van der Waals surface area (Å²) in [5, 5.41) is 12.5. The summed E-state index contributed by atoms with van der Waals surface area (Å²) in [5.41, 5.74) is 1.38. The summed E-state index contributed by atoms with van der Waals surface area (Å²) in [5.74, 6) is 0.931. The van der Waals surface area contributed by atoms with Crippen molar-refractivity contribution in [2.45, 2.75) is 13.0 Å². The lowest BCUT2D eigenvalue weighted by Gasteiger charge is -2.00. The van der Waals surface area contributed by atoms with Crippen LogP contribution < -0.4 is 0 Å². The molecule has 0 aliphatic carbocycles. The van der Waals surface area contributed by atoms with Gasteiger partial charge in [0.2, 0.25) is 5.82 Å². The average Bonchev–Trinajstić information content (AvgIpc) is 2.87. The van der Waals surface area contributed by atoms with E-state index in [0.717, 1.165) is 5.56 Å². The van der Waals surface area contributed by atoms with E-state index in [9.17, 15) is 0 Å². The summed E-state index contributed by atoms with van der Waals surface area (Å²) >= 11 is 0. The largest absolute Gasteiger partial charge is 0.374 e. The van der Waals surface area contributed by atoms with Crippen LogP contribution in [-0.2, 0) is 4.74 Å². The Balaban J connectivity index is 2.28. The Morgan fingerprint density at radius 3 is 2.65 bits per heavy atom. The summed E-state index contributed by atoms with van der Waals surface area (Å²) in [4.78, 5) is 4.22. The van der Waals surface area contributed by atoms with Gasteiger partial charge in [-0.2, -0.15) is 10.2 Å². The van der Waals surface area contributed by atoms with Gasteiger partial charge in [0.05, 0.1) is 11.6 Å². The minimum Gasteiger partial charge on any atom is -0.374 e. The Hall–Kier alpha value is -2.19. The molecule has 0 aliphatic rings. The first kappa shape index (κ1) is 11.3. The smallest absolute Gasteiger partial charge is 0.258 e. The van der Waals surface area contributed by atoms with Gasteiger partial charge in [0.25, 0.3) is 5.89 Å². The van der Waals surface area contributed by atoms with Crippen LogP contribution in [0, 0.1) is 11.3 Å². The number of nitrogens with zero attached hydrogens (tertiary/aromatic N) is 3. The van der Waals surface area contributed by atoms with Crippen LogP contribution in [0.4, 0.5) is 0 Å². The molecule has 0 fully saturated rings. The predicted octanol–water partition coefficient (Wildman–Crippen LogP) is 2.32. The van der Waals surface area contributed by atoms with Crippen molar-refractivity contribution >= 4 is 0 Å². The Kier molecular flexibility index (Phi) is 3.17. The van der Waals surface area contributed by atoms with Crippen LogP contribution in [0.25, 0.3) is 11.5 Å². The molecule has 0 saturated heterocycles. The Labute approximate surface area is 98.6 Å². The van der Waals surface area contributed by atoms with Crippen LogP contribution in [0.3, 0.4) is 0 Å². The zero-order valence-corrected chi connectivity index (χ0v) is 9.54. The van der Waals surface area contributed by atoms with E-state index in [-0.39, 0.29) is 6.10 Å². The lowest BCUT2D eigenvalue weighted by molar-refractivity contribution is 0.109. The lowest BCUT2D eigenvalue weighted by Crippen LogP contribution is -1.97. The highest BCUT2D eigenvalue weighted by Gasteiger charge is 2.13. The van der Waals surface area contributed by atoms with E-state index in [4.69, 9.17) is 14.5 Å². The zero-order valence-electron chi connectivity index (χ0n) is 9.54. The molecule has 1 aromatic heterocycles. The summed E-state index contributed by atoms with van der Waals surface area (Å²) in [6, 6.07) is 9.01. The maximum atomic E-state index is 8.69. The molecule has 0 spiro atoms. The molecule has 1 heterocycles. The van der Waals surface area contributed by atoms with E-state index in [1.165, 1.54) is 0 Å². The second-order valence-electron chi connectivity index (χ2n) is 3.52. The van der Waals surface area contributed by atoms with Gasteiger partial charge in [-0.25, -0.2) is 0 Å². The van der Waals surface area contributed by atoms with Crippen molar-refractivity contribution in [1.29, 1.82) is 5.26 Å². The van der Waals surface area contributed by atoms with Gasteiger partial charge in [-0.05, 0) is 31.2 Å². The van der Waals surface area contributed by atoms with Crippen LogP contribution in [-0.4, -0.2) is 17.3 Å². The van der Waals surface area contributed by atoms with E-state index in [0.29, 0.717) is 17.3 Å². The van der Waals surface area contributed by atoms with E-state index < -0.39 is 0 Å². The molecular formula is C12H11N3O2. The normalized spacial score (nSPS) is 12.1. The van der Waals surface area contributed by atoms with Crippen molar-refractivity contribution in [1.82, 2.24) is 10.1 Å². The van der Waals surface area contributed by atoms with Crippen LogP contribution in [0.2, 0.25) is 0 Å². The van der Waals surface area contributed by atoms with Crippen molar-refractivity contribution in [3.63, 3.8) is 0 Å². The van der Waals surface area contributed by atoms with E-state index in [1.807, 2.05) is 6.92 Å². The highest BCUT2D eigenvalue weighted by atomic mass is 16.5. The average molecular weight is 229 g/mol. The molecule has 1 unspecified atom stereocenters. The highest BCUT2D eigenvalue weighted by molar-refractivity contribution is 5.54. The van der Waals surface area contributed by atoms with Crippen molar-refractivity contribution in [2.24, 2.45) is 0 Å². The first-order valence-corrected chi connectivity index (χ1v) is 5.11. The van der Waals surface area contributed by atoms with Crippen molar-refractivity contribution in [3.05, 3.63) is 35.7 Å². The number of hydrogen-bond acceptors (Lipinski definition) is 5. The Morgan fingerprint density at radius 1 is 1.35 bits per heavy atom. The predicted molar refractivity (Wildman–Crippen MR) is 59.9 cm³/mol. The minimum absolute atomic E-state index is 0.203. The molecule has 2 rings (SSSR count). The maximum Gasteiger partial charge on any atom is 0.258 e. The summed E-state index contributed by atoms with van der Waals surface area (Å²) in [7, 11) is 1.59. The second kappa shape index (κ2) is 4.76. The molecule has 0 saturated carbocycles. The maximum absolute atomic E-state index is 8.69. The van der Waals surface area contributed by atoms with Crippen LogP contribution in [0.5, 0.6) is 0 Å². The molecule has 17 heavy (non-hydrogen) atoms. The number of hydrogen-bond donors (Lipinski definition) is 0. The van der Waals surface area contributed by atoms with Crippen molar-refractivity contribution in [2.75, 3.05) is 7.11 Å². The Morgan fingerprint density at radius 2 is 2.06 bits per heavy atom. The minimum atomic E-state index is -0.203. The molecule has 0 bridgehead atoms. The second-order valence-corrected chi connectivity index (χ2v) is 3.52. The van der Waals surface area contributed by atoms with Gasteiger partial charge in [0.15, 0.2) is 0 Å². The first-order valence-electron chi connectivity index (χ1n) is 5.11. The van der Waals surface area contributed by atoms with Gasteiger partial charge < -0.3 is 9.26 Å². The van der Waals surface area contributed by atoms with Gasteiger partial charge in [-0.15, -0.1) is 0 Å². The van der Waals surface area contributed by atoms with Crippen LogP contribution in [0.1, 0.15) is 24.4 Å². The van der Waals surface area contributed by atoms with Gasteiger partial charge in [-0.3, -0.25) is 0 Å². The SMILES string of the molecule is COC(C)c1noc(-c2ccc(C#N)cc2)n1. The number of methoxy groups -OCH3 is 1. The fourth-order valence-electron chi connectivity index (χ4n) is 1.31. The summed E-state index contributed by atoms with van der Waals surface area (Å²) in [6.45, 7) is 1.84. The van der Waals surface area contributed by atoms with Crippen LogP contribution >= 0.6 is 0 Å². The number of aromatic nitrogens is 2. The van der Waals surface area contributed by atoms with E-state index in [1.54, 1.807) is 31.4 Å². The number of rotatable bonds is 3. The third kappa shape index (κ3) is 2.32. The summed E-state index contributed by atoms with van der Waals surface area (Å²) in [6.07, 6.45) is -0.203. The molecule has 2 aromatic rings. The van der Waals surface area contributed by atoms with Gasteiger partial charge in [0, 0.05) is 12.7 Å². The standard InChI is InChI=1S/C12H11N3O2/c1-8(16-2)11-14-12(17-15-11)10-5-3-9(7-13)4-6-10/h3-6,8H,1-2H3. The highest BCUT2D eigenvalue weighted by Crippen LogP contribution is 2.20. The van der Waals surface area contributed by atoms with E-state index in [2.05, 4.69) is 16.2 Å². The van der Waals surface area contributed by atoms with Gasteiger partial charge in [0.1, 0.15) is 6.10 Å². The molecule has 0 radical (unpaired) electrons. The Bertz CT molecular complexity index is 540. The molecule has 0 aliphatic heterocycles. The molecule has 1 atom stereocenters. The monoisotopic (exact) mass is 229 g/mol. The first-order chi connectivity index (χ1) is 8.24. The van der Waals surface area contributed by atoms with Crippen molar-refractivity contribution in [3.8, 4) is 17.5 Å². The summed E-state index contributed by atoms with van der Waals surface area (Å²) < 4.78 is 10.2. The number of nitriles is 1. The topological polar surface area (TPSA) is 71.9 Å².